The Morgan fingerprint density at radius 3 is 2.38 bits per heavy atom. The fourth-order valence-electron chi connectivity index (χ4n) is 2.95. The minimum atomic E-state index is 0.208. The molecule has 0 radical (unpaired) electrons. The van der Waals surface area contributed by atoms with Gasteiger partial charge in [-0.05, 0) is 68.3 Å². The first-order valence-electron chi connectivity index (χ1n) is 9.48. The van der Waals surface area contributed by atoms with Crippen molar-refractivity contribution in [3.8, 4) is 34.5 Å². The topological polar surface area (TPSA) is 77.1 Å². The molecule has 0 saturated heterocycles. The second kappa shape index (κ2) is 9.56. The molecule has 0 amide bonds. The van der Waals surface area contributed by atoms with Crippen LogP contribution in [-0.4, -0.2) is 29.3 Å². The maximum atomic E-state index is 11.0. The third-order valence-corrected chi connectivity index (χ3v) is 4.48. The number of hydrogen-bond acceptors (Lipinski definition) is 5. The van der Waals surface area contributed by atoms with Gasteiger partial charge in [-0.25, -0.2) is 4.68 Å². The summed E-state index contributed by atoms with van der Waals surface area (Å²) in [5.74, 6) is 1.74. The van der Waals surface area contributed by atoms with E-state index in [2.05, 4.69) is 11.2 Å². The molecule has 1 heterocycles. The summed E-state index contributed by atoms with van der Waals surface area (Å²) >= 11 is 0. The molecular formula is C23H23N3O3. The van der Waals surface area contributed by atoms with Gasteiger partial charge in [-0.2, -0.15) is 10.4 Å². The molecule has 0 spiro atoms. The Kier molecular flexibility index (Phi) is 6.64. The van der Waals surface area contributed by atoms with E-state index in [0.29, 0.717) is 18.7 Å². The van der Waals surface area contributed by atoms with Crippen molar-refractivity contribution in [1.82, 2.24) is 9.78 Å². The van der Waals surface area contributed by atoms with Gasteiger partial charge in [0, 0.05) is 18.1 Å². The molecule has 0 aliphatic carbocycles. The molecule has 3 rings (SSSR count). The lowest BCUT2D eigenvalue weighted by molar-refractivity contribution is -0.117. The molecule has 3 aromatic rings. The van der Waals surface area contributed by atoms with E-state index >= 15 is 0 Å². The van der Waals surface area contributed by atoms with Gasteiger partial charge >= 0.3 is 0 Å². The largest absolute Gasteiger partial charge is 0.497 e. The van der Waals surface area contributed by atoms with Crippen LogP contribution >= 0.6 is 0 Å². The normalized spacial score (nSPS) is 10.4. The lowest BCUT2D eigenvalue weighted by Crippen LogP contribution is -2.00. The second-order valence-corrected chi connectivity index (χ2v) is 6.67. The fraction of sp³-hybridized carbons (Fsp3) is 0.261. The van der Waals surface area contributed by atoms with Crippen molar-refractivity contribution >= 4 is 5.78 Å². The van der Waals surface area contributed by atoms with Crippen LogP contribution in [-0.2, 0) is 4.79 Å². The van der Waals surface area contributed by atoms with Gasteiger partial charge in [-0.3, -0.25) is 0 Å². The first kappa shape index (κ1) is 20.2. The zero-order chi connectivity index (χ0) is 20.6. The number of hydrogen-bond donors (Lipinski definition) is 0. The number of benzene rings is 2. The van der Waals surface area contributed by atoms with Gasteiger partial charge in [0.05, 0.1) is 25.1 Å². The van der Waals surface area contributed by atoms with Crippen LogP contribution in [0.4, 0.5) is 0 Å². The van der Waals surface area contributed by atoms with Gasteiger partial charge in [0.15, 0.2) is 5.69 Å². The van der Waals surface area contributed by atoms with Gasteiger partial charge in [-0.1, -0.05) is 0 Å². The number of carbonyl (C=O) groups excluding carboxylic acids is 1. The van der Waals surface area contributed by atoms with Crippen LogP contribution in [0.25, 0.3) is 16.9 Å². The van der Waals surface area contributed by atoms with E-state index < -0.39 is 0 Å². The van der Waals surface area contributed by atoms with E-state index in [9.17, 15) is 10.1 Å². The summed E-state index contributed by atoms with van der Waals surface area (Å²) in [6.07, 6.45) is 2.28. The summed E-state index contributed by atoms with van der Waals surface area (Å²) < 4.78 is 12.7. The predicted octanol–water partition coefficient (Wildman–Crippen LogP) is 4.56. The Morgan fingerprint density at radius 2 is 1.76 bits per heavy atom. The zero-order valence-electron chi connectivity index (χ0n) is 16.6. The number of rotatable bonds is 9. The van der Waals surface area contributed by atoms with E-state index in [1.807, 2.05) is 48.5 Å². The quantitative estimate of drug-likeness (QED) is 0.502. The molecule has 0 aliphatic heterocycles. The second-order valence-electron chi connectivity index (χ2n) is 6.67. The van der Waals surface area contributed by atoms with Crippen LogP contribution in [0.3, 0.4) is 0 Å². The van der Waals surface area contributed by atoms with Gasteiger partial charge in [0.1, 0.15) is 23.4 Å². The van der Waals surface area contributed by atoms with Crippen molar-refractivity contribution in [2.75, 3.05) is 13.7 Å². The van der Waals surface area contributed by atoms with Gasteiger partial charge in [-0.15, -0.1) is 0 Å². The smallest absolute Gasteiger partial charge is 0.163 e. The number of nitrogens with zero attached hydrogens (tertiary/aromatic N) is 3. The average Bonchev–Trinajstić information content (AvgIpc) is 3.18. The minimum Gasteiger partial charge on any atom is -0.497 e. The van der Waals surface area contributed by atoms with Crippen LogP contribution in [0.5, 0.6) is 11.5 Å². The van der Waals surface area contributed by atoms with E-state index in [-0.39, 0.29) is 5.78 Å². The summed E-state index contributed by atoms with van der Waals surface area (Å²) in [5.41, 5.74) is 2.94. The molecule has 6 nitrogen and oxygen atoms in total. The fourth-order valence-corrected chi connectivity index (χ4v) is 2.95. The van der Waals surface area contributed by atoms with Crippen molar-refractivity contribution in [3.63, 3.8) is 0 Å². The number of nitriles is 1. The SMILES string of the molecule is COc1ccc(-n2nc(C#N)cc2-c2ccc(OCCCCC(C)=O)cc2)cc1. The monoisotopic (exact) mass is 389 g/mol. The third-order valence-electron chi connectivity index (χ3n) is 4.48. The predicted molar refractivity (Wildman–Crippen MR) is 110 cm³/mol. The maximum absolute atomic E-state index is 11.0. The minimum absolute atomic E-state index is 0.208. The molecule has 2 aromatic carbocycles. The van der Waals surface area contributed by atoms with Gasteiger partial charge in [0.2, 0.25) is 0 Å². The van der Waals surface area contributed by atoms with Crippen molar-refractivity contribution in [2.45, 2.75) is 26.2 Å². The summed E-state index contributed by atoms with van der Waals surface area (Å²) in [5, 5.41) is 13.7. The van der Waals surface area contributed by atoms with Crippen molar-refractivity contribution < 1.29 is 14.3 Å². The van der Waals surface area contributed by atoms with E-state index in [4.69, 9.17) is 9.47 Å². The summed E-state index contributed by atoms with van der Waals surface area (Å²) in [4.78, 5) is 11.0. The number of aromatic nitrogens is 2. The van der Waals surface area contributed by atoms with Gasteiger partial charge in [0.25, 0.3) is 0 Å². The zero-order valence-corrected chi connectivity index (χ0v) is 16.6. The lowest BCUT2D eigenvalue weighted by Gasteiger charge is -2.10. The number of ketones is 1. The van der Waals surface area contributed by atoms with E-state index in [1.165, 1.54) is 0 Å². The molecule has 0 aliphatic rings. The Morgan fingerprint density at radius 1 is 1.07 bits per heavy atom. The van der Waals surface area contributed by atoms with Crippen molar-refractivity contribution in [2.24, 2.45) is 0 Å². The Labute approximate surface area is 170 Å². The van der Waals surface area contributed by atoms with Crippen LogP contribution in [0.1, 0.15) is 31.9 Å². The Hall–Kier alpha value is -3.59. The molecule has 0 unspecified atom stereocenters. The molecule has 29 heavy (non-hydrogen) atoms. The molecule has 1 aromatic heterocycles. The summed E-state index contributed by atoms with van der Waals surface area (Å²) in [6, 6.07) is 19.1. The summed E-state index contributed by atoms with van der Waals surface area (Å²) in [7, 11) is 1.62. The molecule has 0 atom stereocenters. The third kappa shape index (κ3) is 5.23. The standard InChI is InChI=1S/C23H23N3O3/c1-17(27)5-3-4-14-29-22-10-6-18(7-11-22)23-15-19(16-24)25-26(23)20-8-12-21(28-2)13-9-20/h6-13,15H,3-5,14H2,1-2H3. The molecule has 0 saturated carbocycles. The van der Waals surface area contributed by atoms with Gasteiger partial charge < -0.3 is 14.3 Å². The first-order valence-corrected chi connectivity index (χ1v) is 9.48. The van der Waals surface area contributed by atoms with Crippen LogP contribution in [0.15, 0.2) is 54.6 Å². The first-order chi connectivity index (χ1) is 14.1. The van der Waals surface area contributed by atoms with E-state index in [0.717, 1.165) is 41.3 Å². The number of ether oxygens (including phenoxy) is 2. The van der Waals surface area contributed by atoms with E-state index in [1.54, 1.807) is 24.8 Å². The summed E-state index contributed by atoms with van der Waals surface area (Å²) in [6.45, 7) is 2.18. The molecule has 0 fully saturated rings. The highest BCUT2D eigenvalue weighted by Gasteiger charge is 2.12. The Bertz CT molecular complexity index is 999. The Balaban J connectivity index is 1.75. The van der Waals surface area contributed by atoms with Crippen molar-refractivity contribution in [1.29, 1.82) is 5.26 Å². The molecule has 0 N–H and O–H groups in total. The molecule has 6 heteroatoms. The highest BCUT2D eigenvalue weighted by atomic mass is 16.5. The molecular weight excluding hydrogens is 366 g/mol. The number of methoxy groups -OCH3 is 1. The molecule has 148 valence electrons. The lowest BCUT2D eigenvalue weighted by atomic mass is 10.1. The maximum Gasteiger partial charge on any atom is 0.163 e. The molecule has 0 bridgehead atoms. The highest BCUT2D eigenvalue weighted by molar-refractivity contribution is 5.75. The van der Waals surface area contributed by atoms with Crippen molar-refractivity contribution in [3.05, 3.63) is 60.3 Å². The van der Waals surface area contributed by atoms with Crippen LogP contribution < -0.4 is 9.47 Å². The van der Waals surface area contributed by atoms with Crippen LogP contribution in [0.2, 0.25) is 0 Å². The average molecular weight is 389 g/mol. The number of unbranched alkanes of at least 4 members (excludes halogenated alkanes) is 1. The number of Topliss-reactive ketones (excluding diaryl/α,β-unsaturated/α-hetero) is 1. The highest BCUT2D eigenvalue weighted by Crippen LogP contribution is 2.27. The number of carbonyl (C=O) groups is 1. The van der Waals surface area contributed by atoms with Crippen LogP contribution in [0, 0.1) is 11.3 Å².